The number of aryl methyl sites for hydroxylation is 1. The number of likely N-dealkylation sites (tertiary alicyclic amines) is 1. The minimum absolute atomic E-state index is 0.165. The molecule has 1 N–H and O–H groups in total. The minimum atomic E-state index is -0.973. The van der Waals surface area contributed by atoms with Crippen molar-refractivity contribution < 1.29 is 9.90 Å². The Labute approximate surface area is 142 Å². The lowest BCUT2D eigenvalue weighted by molar-refractivity contribution is -0.141. The standard InChI is InChI=1S/C19H25N3O2/c1-2-18-20-10-12-22(18)16-9-6-11-21(14-16)19(24)17(23)13-15-7-4-3-5-8-15/h3-5,7-8,10,12,16-17,23H,2,6,9,11,13-14H2,1H3/t16?,17-/m0/s1. The van der Waals surface area contributed by atoms with E-state index in [0.29, 0.717) is 13.0 Å². The van der Waals surface area contributed by atoms with Crippen molar-refractivity contribution in [3.63, 3.8) is 0 Å². The highest BCUT2D eigenvalue weighted by Gasteiger charge is 2.29. The van der Waals surface area contributed by atoms with Gasteiger partial charge in [0.05, 0.1) is 6.04 Å². The summed E-state index contributed by atoms with van der Waals surface area (Å²) in [4.78, 5) is 18.8. The van der Waals surface area contributed by atoms with E-state index in [4.69, 9.17) is 0 Å². The maximum atomic E-state index is 12.6. The van der Waals surface area contributed by atoms with Gasteiger partial charge < -0.3 is 14.6 Å². The number of hydrogen-bond acceptors (Lipinski definition) is 3. The number of piperidine rings is 1. The number of carbonyl (C=O) groups is 1. The van der Waals surface area contributed by atoms with Gasteiger partial charge in [-0.1, -0.05) is 37.3 Å². The molecule has 2 aromatic rings. The summed E-state index contributed by atoms with van der Waals surface area (Å²) in [5.41, 5.74) is 0.981. The molecule has 24 heavy (non-hydrogen) atoms. The van der Waals surface area contributed by atoms with Gasteiger partial charge in [0.1, 0.15) is 11.9 Å². The Hall–Kier alpha value is -2.14. The molecule has 1 aliphatic rings. The van der Waals surface area contributed by atoms with E-state index in [9.17, 15) is 9.90 Å². The average Bonchev–Trinajstić information content (AvgIpc) is 3.11. The fourth-order valence-electron chi connectivity index (χ4n) is 3.47. The third-order valence-electron chi connectivity index (χ3n) is 4.72. The van der Waals surface area contributed by atoms with Crippen LogP contribution in [-0.4, -0.2) is 44.7 Å². The molecule has 1 aromatic carbocycles. The van der Waals surface area contributed by atoms with Gasteiger partial charge in [0.15, 0.2) is 0 Å². The van der Waals surface area contributed by atoms with Gasteiger partial charge in [-0.2, -0.15) is 0 Å². The van der Waals surface area contributed by atoms with Crippen molar-refractivity contribution in [1.82, 2.24) is 14.5 Å². The highest BCUT2D eigenvalue weighted by molar-refractivity contribution is 5.81. The van der Waals surface area contributed by atoms with Crippen molar-refractivity contribution in [2.24, 2.45) is 0 Å². The van der Waals surface area contributed by atoms with Crippen LogP contribution in [0.2, 0.25) is 0 Å². The van der Waals surface area contributed by atoms with Crippen LogP contribution in [0.3, 0.4) is 0 Å². The minimum Gasteiger partial charge on any atom is -0.383 e. The molecule has 1 saturated heterocycles. The van der Waals surface area contributed by atoms with E-state index in [0.717, 1.165) is 37.2 Å². The summed E-state index contributed by atoms with van der Waals surface area (Å²) in [6, 6.07) is 9.92. The SMILES string of the molecule is CCc1nccn1C1CCCN(C(=O)[C@@H](O)Cc2ccccc2)C1. The molecular weight excluding hydrogens is 302 g/mol. The number of amides is 1. The molecule has 2 atom stereocenters. The molecule has 5 nitrogen and oxygen atoms in total. The smallest absolute Gasteiger partial charge is 0.251 e. The van der Waals surface area contributed by atoms with Gasteiger partial charge in [-0.05, 0) is 18.4 Å². The van der Waals surface area contributed by atoms with Gasteiger partial charge in [-0.3, -0.25) is 4.79 Å². The summed E-state index contributed by atoms with van der Waals surface area (Å²) < 4.78 is 2.18. The predicted octanol–water partition coefficient (Wildman–Crippen LogP) is 2.21. The van der Waals surface area contributed by atoms with Crippen LogP contribution >= 0.6 is 0 Å². The van der Waals surface area contributed by atoms with Crippen molar-refractivity contribution in [3.8, 4) is 0 Å². The Bertz CT molecular complexity index is 668. The maximum absolute atomic E-state index is 12.6. The van der Waals surface area contributed by atoms with Crippen LogP contribution in [0.4, 0.5) is 0 Å². The second-order valence-corrected chi connectivity index (χ2v) is 6.39. The fourth-order valence-corrected chi connectivity index (χ4v) is 3.47. The van der Waals surface area contributed by atoms with Crippen molar-refractivity contribution in [1.29, 1.82) is 0 Å². The molecule has 128 valence electrons. The topological polar surface area (TPSA) is 58.4 Å². The van der Waals surface area contributed by atoms with Gasteiger partial charge >= 0.3 is 0 Å². The van der Waals surface area contributed by atoms with Crippen molar-refractivity contribution in [3.05, 3.63) is 54.1 Å². The number of aliphatic hydroxyl groups is 1. The van der Waals surface area contributed by atoms with Crippen LogP contribution in [-0.2, 0) is 17.6 Å². The summed E-state index contributed by atoms with van der Waals surface area (Å²) in [6.45, 7) is 3.46. The number of nitrogens with zero attached hydrogens (tertiary/aromatic N) is 3. The normalized spacial score (nSPS) is 19.2. The molecule has 0 bridgehead atoms. The Morgan fingerprint density at radius 2 is 2.17 bits per heavy atom. The number of rotatable bonds is 5. The van der Waals surface area contributed by atoms with E-state index >= 15 is 0 Å². The number of aromatic nitrogens is 2. The molecule has 1 unspecified atom stereocenters. The van der Waals surface area contributed by atoms with E-state index in [-0.39, 0.29) is 11.9 Å². The molecule has 3 rings (SSSR count). The molecule has 2 heterocycles. The van der Waals surface area contributed by atoms with Crippen LogP contribution in [0.25, 0.3) is 0 Å². The quantitative estimate of drug-likeness (QED) is 0.916. The summed E-state index contributed by atoms with van der Waals surface area (Å²) in [5.74, 6) is 0.890. The zero-order valence-corrected chi connectivity index (χ0v) is 14.1. The Morgan fingerprint density at radius 3 is 2.92 bits per heavy atom. The molecular formula is C19H25N3O2. The maximum Gasteiger partial charge on any atom is 0.251 e. The van der Waals surface area contributed by atoms with Crippen molar-refractivity contribution >= 4 is 5.91 Å². The van der Waals surface area contributed by atoms with E-state index in [1.165, 1.54) is 0 Å². The monoisotopic (exact) mass is 327 g/mol. The molecule has 5 heteroatoms. The van der Waals surface area contributed by atoms with E-state index in [1.807, 2.05) is 42.7 Å². The lowest BCUT2D eigenvalue weighted by atomic mass is 10.0. The molecule has 1 aliphatic heterocycles. The van der Waals surface area contributed by atoms with Crippen LogP contribution in [0.1, 0.15) is 37.2 Å². The first-order valence-corrected chi connectivity index (χ1v) is 8.71. The molecule has 1 aromatic heterocycles. The molecule has 0 saturated carbocycles. The molecule has 1 amide bonds. The first kappa shape index (κ1) is 16.7. The Kier molecular flexibility index (Phi) is 5.30. The number of aliphatic hydroxyl groups excluding tert-OH is 1. The number of imidazole rings is 1. The average molecular weight is 327 g/mol. The lowest BCUT2D eigenvalue weighted by Gasteiger charge is -2.35. The zero-order valence-electron chi connectivity index (χ0n) is 14.1. The largest absolute Gasteiger partial charge is 0.383 e. The zero-order chi connectivity index (χ0) is 16.9. The van der Waals surface area contributed by atoms with Crippen LogP contribution < -0.4 is 0 Å². The number of hydrogen-bond donors (Lipinski definition) is 1. The summed E-state index contributed by atoms with van der Waals surface area (Å²) in [5, 5.41) is 10.3. The highest BCUT2D eigenvalue weighted by atomic mass is 16.3. The van der Waals surface area contributed by atoms with Crippen molar-refractivity contribution in [2.45, 2.75) is 44.8 Å². The molecule has 1 fully saturated rings. The van der Waals surface area contributed by atoms with Crippen LogP contribution in [0.5, 0.6) is 0 Å². The molecule has 0 spiro atoms. The van der Waals surface area contributed by atoms with E-state index < -0.39 is 6.10 Å². The lowest BCUT2D eigenvalue weighted by Crippen LogP contribution is -2.46. The first-order chi connectivity index (χ1) is 11.7. The Balaban J connectivity index is 1.64. The molecule has 0 aliphatic carbocycles. The van der Waals surface area contributed by atoms with Crippen molar-refractivity contribution in [2.75, 3.05) is 13.1 Å². The highest BCUT2D eigenvalue weighted by Crippen LogP contribution is 2.23. The van der Waals surface area contributed by atoms with E-state index in [2.05, 4.69) is 16.5 Å². The fraction of sp³-hybridized carbons (Fsp3) is 0.474. The van der Waals surface area contributed by atoms with Gasteiger partial charge in [0.25, 0.3) is 5.91 Å². The van der Waals surface area contributed by atoms with Crippen LogP contribution in [0.15, 0.2) is 42.7 Å². The summed E-state index contributed by atoms with van der Waals surface area (Å²) in [7, 11) is 0. The van der Waals surface area contributed by atoms with Gasteiger partial charge in [-0.15, -0.1) is 0 Å². The second-order valence-electron chi connectivity index (χ2n) is 6.39. The number of benzene rings is 1. The third-order valence-corrected chi connectivity index (χ3v) is 4.72. The van der Waals surface area contributed by atoms with Gasteiger partial charge in [-0.25, -0.2) is 4.98 Å². The van der Waals surface area contributed by atoms with Crippen LogP contribution in [0, 0.1) is 0 Å². The number of carbonyl (C=O) groups excluding carboxylic acids is 1. The second kappa shape index (κ2) is 7.62. The molecule has 0 radical (unpaired) electrons. The summed E-state index contributed by atoms with van der Waals surface area (Å²) >= 11 is 0. The van der Waals surface area contributed by atoms with E-state index in [1.54, 1.807) is 4.90 Å². The van der Waals surface area contributed by atoms with Gasteiger partial charge in [0, 0.05) is 38.3 Å². The van der Waals surface area contributed by atoms with Gasteiger partial charge in [0.2, 0.25) is 0 Å². The third kappa shape index (κ3) is 3.67. The summed E-state index contributed by atoms with van der Waals surface area (Å²) in [6.07, 6.45) is 6.10. The Morgan fingerprint density at radius 1 is 1.38 bits per heavy atom. The first-order valence-electron chi connectivity index (χ1n) is 8.71. The predicted molar refractivity (Wildman–Crippen MR) is 92.6 cm³/mol.